The van der Waals surface area contributed by atoms with E-state index in [-0.39, 0.29) is 31.1 Å². The molecule has 2 aromatic rings. The number of benzene rings is 1. The molecule has 1 aromatic carbocycles. The van der Waals surface area contributed by atoms with Crippen molar-refractivity contribution in [1.82, 2.24) is 24.4 Å². The fourth-order valence-electron chi connectivity index (χ4n) is 5.18. The van der Waals surface area contributed by atoms with E-state index in [0.717, 1.165) is 46.9 Å². The number of nitrogens with one attached hydrogen (secondary N) is 1. The number of aliphatic carboxylic acids is 1. The first-order valence-electron chi connectivity index (χ1n) is 14.0. The maximum absolute atomic E-state index is 14.0. The number of nitrogens with zero attached hydrogens (tertiary/aromatic N) is 5. The molecule has 15 nitrogen and oxygen atoms in total. The van der Waals surface area contributed by atoms with Gasteiger partial charge in [0.2, 0.25) is 27.7 Å². The Balaban J connectivity index is 1.58. The predicted octanol–water partition coefficient (Wildman–Crippen LogP) is -0.706. The van der Waals surface area contributed by atoms with Crippen LogP contribution in [0.3, 0.4) is 0 Å². The van der Waals surface area contributed by atoms with Crippen LogP contribution in [-0.4, -0.2) is 128 Å². The number of pyridine rings is 1. The molecule has 3 heterocycles. The summed E-state index contributed by atoms with van der Waals surface area (Å²) in [4.78, 5) is 73.2. The zero-order valence-electron chi connectivity index (χ0n) is 24.4. The number of carboxylic acids is 1. The molecule has 2 fully saturated rings. The molecule has 2 saturated heterocycles. The minimum Gasteiger partial charge on any atom is -0.480 e. The van der Waals surface area contributed by atoms with Crippen molar-refractivity contribution in [2.24, 2.45) is 0 Å². The predicted molar refractivity (Wildman–Crippen MR) is 155 cm³/mol. The van der Waals surface area contributed by atoms with E-state index in [4.69, 9.17) is 0 Å². The number of methoxy groups -OCH3 is 1. The summed E-state index contributed by atoms with van der Waals surface area (Å²) in [7, 11) is -3.41. The van der Waals surface area contributed by atoms with E-state index in [1.165, 1.54) is 4.90 Å². The SMILES string of the molecule is COC(=O)C[C@H]1C(=O)N(CC(=O)O)CCN1C(=O)[C@@H](CC(=O)N1CCN(c2ccncc2)CC1)NS(=O)(=O)c1ccc(F)cc1. The fourth-order valence-corrected chi connectivity index (χ4v) is 6.37. The van der Waals surface area contributed by atoms with Crippen LogP contribution in [0, 0.1) is 5.82 Å². The average molecular weight is 649 g/mol. The molecule has 17 heteroatoms. The van der Waals surface area contributed by atoms with Crippen LogP contribution >= 0.6 is 0 Å². The summed E-state index contributed by atoms with van der Waals surface area (Å²) in [6, 6.07) is 4.27. The number of esters is 1. The largest absolute Gasteiger partial charge is 0.480 e. The molecule has 0 aliphatic carbocycles. The monoisotopic (exact) mass is 648 g/mol. The number of halogens is 1. The summed E-state index contributed by atoms with van der Waals surface area (Å²) in [6.45, 7) is 0.370. The number of anilines is 1. The lowest BCUT2D eigenvalue weighted by Gasteiger charge is -2.41. The van der Waals surface area contributed by atoms with Crippen molar-refractivity contribution in [3.63, 3.8) is 0 Å². The molecule has 4 rings (SSSR count). The van der Waals surface area contributed by atoms with E-state index in [1.807, 2.05) is 17.0 Å². The highest BCUT2D eigenvalue weighted by atomic mass is 32.2. The van der Waals surface area contributed by atoms with Gasteiger partial charge in [-0.3, -0.25) is 29.0 Å². The lowest BCUT2D eigenvalue weighted by Crippen LogP contribution is -2.63. The maximum atomic E-state index is 14.0. The van der Waals surface area contributed by atoms with Gasteiger partial charge in [-0.1, -0.05) is 0 Å². The highest BCUT2D eigenvalue weighted by molar-refractivity contribution is 7.89. The van der Waals surface area contributed by atoms with Gasteiger partial charge in [0.15, 0.2) is 0 Å². The Morgan fingerprint density at radius 2 is 1.67 bits per heavy atom. The molecule has 3 amide bonds. The molecule has 1 aromatic heterocycles. The molecule has 0 bridgehead atoms. The molecular formula is C28H33FN6O9S. The van der Waals surface area contributed by atoms with E-state index in [0.29, 0.717) is 13.1 Å². The third-order valence-corrected chi connectivity index (χ3v) is 9.03. The first kappa shape index (κ1) is 33.3. The molecule has 45 heavy (non-hydrogen) atoms. The van der Waals surface area contributed by atoms with E-state index in [1.54, 1.807) is 12.4 Å². The number of hydrogen-bond acceptors (Lipinski definition) is 10. The molecule has 0 radical (unpaired) electrons. The normalized spacial score (nSPS) is 18.0. The van der Waals surface area contributed by atoms with Gasteiger partial charge in [0, 0.05) is 57.3 Å². The highest BCUT2D eigenvalue weighted by Crippen LogP contribution is 2.21. The second kappa shape index (κ2) is 14.4. The minimum atomic E-state index is -4.48. The molecule has 2 atom stereocenters. The van der Waals surface area contributed by atoms with E-state index in [2.05, 4.69) is 14.4 Å². The first-order valence-corrected chi connectivity index (χ1v) is 15.5. The quantitative estimate of drug-likeness (QED) is 0.293. The lowest BCUT2D eigenvalue weighted by atomic mass is 10.0. The number of piperazine rings is 2. The van der Waals surface area contributed by atoms with Crippen molar-refractivity contribution in [1.29, 1.82) is 0 Å². The highest BCUT2D eigenvalue weighted by Gasteiger charge is 2.43. The van der Waals surface area contributed by atoms with Gasteiger partial charge in [-0.15, -0.1) is 0 Å². The average Bonchev–Trinajstić information content (AvgIpc) is 3.02. The third-order valence-electron chi connectivity index (χ3n) is 7.54. The van der Waals surface area contributed by atoms with Crippen molar-refractivity contribution in [2.45, 2.75) is 29.8 Å². The van der Waals surface area contributed by atoms with Crippen LogP contribution in [0.25, 0.3) is 0 Å². The van der Waals surface area contributed by atoms with Crippen LogP contribution < -0.4 is 9.62 Å². The van der Waals surface area contributed by atoms with Crippen molar-refractivity contribution in [2.75, 3.05) is 57.8 Å². The van der Waals surface area contributed by atoms with Gasteiger partial charge in [0.1, 0.15) is 24.4 Å². The summed E-state index contributed by atoms with van der Waals surface area (Å²) >= 11 is 0. The fraction of sp³-hybridized carbons (Fsp3) is 0.429. The number of carbonyl (C=O) groups excluding carboxylic acids is 4. The van der Waals surface area contributed by atoms with E-state index < -0.39 is 77.0 Å². The van der Waals surface area contributed by atoms with Gasteiger partial charge in [0.25, 0.3) is 0 Å². The first-order chi connectivity index (χ1) is 21.4. The molecule has 0 spiro atoms. The van der Waals surface area contributed by atoms with Crippen LogP contribution in [0.2, 0.25) is 0 Å². The van der Waals surface area contributed by atoms with Crippen molar-refractivity contribution >= 4 is 45.4 Å². The number of amides is 3. The van der Waals surface area contributed by atoms with Gasteiger partial charge in [0.05, 0.1) is 24.8 Å². The number of rotatable bonds is 11. The second-order valence-corrected chi connectivity index (χ2v) is 12.1. The molecular weight excluding hydrogens is 615 g/mol. The Labute approximate surface area is 258 Å². The Bertz CT molecular complexity index is 1520. The summed E-state index contributed by atoms with van der Waals surface area (Å²) in [6.07, 6.45) is 2.05. The van der Waals surface area contributed by atoms with Gasteiger partial charge in [-0.25, -0.2) is 12.8 Å². The molecule has 0 unspecified atom stereocenters. The summed E-state index contributed by atoms with van der Waals surface area (Å²) in [5.41, 5.74) is 0.917. The number of carbonyl (C=O) groups is 5. The smallest absolute Gasteiger partial charge is 0.323 e. The Morgan fingerprint density at radius 3 is 2.27 bits per heavy atom. The molecule has 0 saturated carbocycles. The topological polar surface area (TPSA) is 187 Å². The number of ether oxygens (including phenoxy) is 1. The Morgan fingerprint density at radius 1 is 1.02 bits per heavy atom. The molecule has 2 aliphatic heterocycles. The van der Waals surface area contributed by atoms with Gasteiger partial charge < -0.3 is 29.4 Å². The summed E-state index contributed by atoms with van der Waals surface area (Å²) in [5.74, 6) is -5.21. The Kier molecular flexibility index (Phi) is 10.7. The molecule has 2 aliphatic rings. The summed E-state index contributed by atoms with van der Waals surface area (Å²) in [5, 5.41) is 9.20. The van der Waals surface area contributed by atoms with Crippen molar-refractivity contribution in [3.8, 4) is 0 Å². The van der Waals surface area contributed by atoms with E-state index >= 15 is 0 Å². The number of carboxylic acid groups (broad SMARTS) is 1. The van der Waals surface area contributed by atoms with Crippen molar-refractivity contribution in [3.05, 3.63) is 54.6 Å². The second-order valence-electron chi connectivity index (χ2n) is 10.4. The number of sulfonamides is 1. The van der Waals surface area contributed by atoms with Gasteiger partial charge >= 0.3 is 11.9 Å². The summed E-state index contributed by atoms with van der Waals surface area (Å²) < 4.78 is 47.0. The van der Waals surface area contributed by atoms with Crippen LogP contribution in [0.1, 0.15) is 12.8 Å². The number of hydrogen-bond donors (Lipinski definition) is 2. The number of aromatic nitrogens is 1. The van der Waals surface area contributed by atoms with Crippen LogP contribution in [0.4, 0.5) is 10.1 Å². The van der Waals surface area contributed by atoms with Crippen LogP contribution in [-0.2, 0) is 38.7 Å². The van der Waals surface area contributed by atoms with Crippen LogP contribution in [0.15, 0.2) is 53.7 Å². The minimum absolute atomic E-state index is 0.211. The van der Waals surface area contributed by atoms with E-state index in [9.17, 15) is 41.9 Å². The van der Waals surface area contributed by atoms with Gasteiger partial charge in [-0.05, 0) is 36.4 Å². The van der Waals surface area contributed by atoms with Crippen LogP contribution in [0.5, 0.6) is 0 Å². The lowest BCUT2D eigenvalue weighted by molar-refractivity contribution is -0.159. The zero-order chi connectivity index (χ0) is 32.7. The molecule has 242 valence electrons. The maximum Gasteiger partial charge on any atom is 0.323 e. The van der Waals surface area contributed by atoms with Gasteiger partial charge in [-0.2, -0.15) is 4.72 Å². The Hall–Kier alpha value is -4.64. The zero-order valence-corrected chi connectivity index (χ0v) is 25.2. The third kappa shape index (κ3) is 8.30. The standard InChI is InChI=1S/C28H33FN6O9S/c1-44-26(39)17-23-28(41)34(18-25(37)38)14-15-35(23)27(40)22(31-45(42,43)21-4-2-19(29)3-5-21)16-24(36)33-12-10-32(11-13-33)20-6-8-30-9-7-20/h2-9,22-23,31H,10-18H2,1H3,(H,37,38)/t22-,23+/m1/s1. The molecule has 2 N–H and O–H groups in total. The van der Waals surface area contributed by atoms with Crippen molar-refractivity contribution < 1.29 is 46.6 Å².